The zero-order valence-corrected chi connectivity index (χ0v) is 14.9. The van der Waals surface area contributed by atoms with Gasteiger partial charge in [-0.1, -0.05) is 12.1 Å². The summed E-state index contributed by atoms with van der Waals surface area (Å²) in [5.41, 5.74) is 0. The number of anilines is 1. The van der Waals surface area contributed by atoms with E-state index in [1.165, 1.54) is 7.11 Å². The second kappa shape index (κ2) is 7.79. The zero-order chi connectivity index (χ0) is 17.7. The summed E-state index contributed by atoms with van der Waals surface area (Å²) in [4.78, 5) is 10.8. The van der Waals surface area contributed by atoms with Gasteiger partial charge < -0.3 is 9.64 Å². The van der Waals surface area contributed by atoms with Crippen LogP contribution in [0.25, 0.3) is 0 Å². The van der Waals surface area contributed by atoms with Gasteiger partial charge in [0, 0.05) is 32.0 Å². The van der Waals surface area contributed by atoms with Gasteiger partial charge in [-0.3, -0.25) is 4.98 Å². The second-order valence-electron chi connectivity index (χ2n) is 6.00. The molecule has 7 nitrogen and oxygen atoms in total. The first-order valence-electron chi connectivity index (χ1n) is 8.24. The van der Waals surface area contributed by atoms with Crippen molar-refractivity contribution in [1.82, 2.24) is 14.7 Å². The lowest BCUT2D eigenvalue weighted by atomic mass is 9.97. The molecule has 25 heavy (non-hydrogen) atoms. The summed E-state index contributed by atoms with van der Waals surface area (Å²) in [5, 5.41) is 0. The molecule has 0 atom stereocenters. The standard InChI is InChI=1S/C17H22N4O3S/c1-24-15-4-2-3-5-16(15)25(22,23)20-12-14-6-10-21(11-7-14)17-13-18-8-9-19-17/h2-5,8-9,13-14,20H,6-7,10-12H2,1H3. The molecule has 3 rings (SSSR count). The molecule has 0 bridgehead atoms. The third kappa shape index (κ3) is 4.26. The minimum Gasteiger partial charge on any atom is -0.495 e. The minimum atomic E-state index is -3.58. The van der Waals surface area contributed by atoms with Crippen LogP contribution in [0.1, 0.15) is 12.8 Å². The zero-order valence-electron chi connectivity index (χ0n) is 14.1. The minimum absolute atomic E-state index is 0.175. The maximum Gasteiger partial charge on any atom is 0.244 e. The summed E-state index contributed by atoms with van der Waals surface area (Å²) >= 11 is 0. The van der Waals surface area contributed by atoms with E-state index in [4.69, 9.17) is 4.74 Å². The molecular weight excluding hydrogens is 340 g/mol. The van der Waals surface area contributed by atoms with Crippen LogP contribution in [0.4, 0.5) is 5.82 Å². The molecule has 0 spiro atoms. The van der Waals surface area contributed by atoms with Crippen LogP contribution in [0.2, 0.25) is 0 Å². The molecule has 1 saturated heterocycles. The first kappa shape index (κ1) is 17.6. The molecule has 1 aromatic carbocycles. The van der Waals surface area contributed by atoms with Gasteiger partial charge in [0.1, 0.15) is 16.5 Å². The number of ether oxygens (including phenoxy) is 1. The fourth-order valence-electron chi connectivity index (χ4n) is 2.97. The Hall–Kier alpha value is -2.19. The van der Waals surface area contributed by atoms with Crippen molar-refractivity contribution in [1.29, 1.82) is 0 Å². The number of sulfonamides is 1. The van der Waals surface area contributed by atoms with Gasteiger partial charge in [0.15, 0.2) is 0 Å². The molecule has 1 aliphatic heterocycles. The van der Waals surface area contributed by atoms with E-state index in [-0.39, 0.29) is 4.90 Å². The maximum absolute atomic E-state index is 12.5. The van der Waals surface area contributed by atoms with E-state index in [0.717, 1.165) is 31.7 Å². The van der Waals surface area contributed by atoms with E-state index in [1.54, 1.807) is 42.9 Å². The molecule has 1 aliphatic rings. The van der Waals surface area contributed by atoms with Crippen LogP contribution in [-0.4, -0.2) is 45.1 Å². The smallest absolute Gasteiger partial charge is 0.244 e. The van der Waals surface area contributed by atoms with Crippen LogP contribution in [0.15, 0.2) is 47.8 Å². The normalized spacial score (nSPS) is 16.0. The Balaban J connectivity index is 1.56. The highest BCUT2D eigenvalue weighted by Crippen LogP contribution is 2.24. The highest BCUT2D eigenvalue weighted by Gasteiger charge is 2.24. The van der Waals surface area contributed by atoms with Crippen molar-refractivity contribution >= 4 is 15.8 Å². The highest BCUT2D eigenvalue weighted by molar-refractivity contribution is 7.89. The molecule has 0 radical (unpaired) electrons. The lowest BCUT2D eigenvalue weighted by molar-refractivity contribution is 0.395. The summed E-state index contributed by atoms with van der Waals surface area (Å²) in [6.45, 7) is 2.12. The van der Waals surface area contributed by atoms with Gasteiger partial charge in [0.25, 0.3) is 0 Å². The van der Waals surface area contributed by atoms with Crippen molar-refractivity contribution in [3.05, 3.63) is 42.9 Å². The summed E-state index contributed by atoms with van der Waals surface area (Å²) in [5.74, 6) is 1.53. The summed E-state index contributed by atoms with van der Waals surface area (Å²) < 4.78 is 32.9. The van der Waals surface area contributed by atoms with Crippen LogP contribution >= 0.6 is 0 Å². The Bertz CT molecular complexity index is 791. The Labute approximate surface area is 148 Å². The van der Waals surface area contributed by atoms with Crippen molar-refractivity contribution < 1.29 is 13.2 Å². The number of rotatable bonds is 6. The molecule has 0 amide bonds. The SMILES string of the molecule is COc1ccccc1S(=O)(=O)NCC1CCN(c2cnccn2)CC1. The molecule has 0 saturated carbocycles. The maximum atomic E-state index is 12.5. The first-order valence-corrected chi connectivity index (χ1v) is 9.72. The number of hydrogen-bond donors (Lipinski definition) is 1. The van der Waals surface area contributed by atoms with Gasteiger partial charge in [0.05, 0.1) is 13.3 Å². The first-order chi connectivity index (χ1) is 12.1. The number of benzene rings is 1. The largest absolute Gasteiger partial charge is 0.495 e. The third-order valence-corrected chi connectivity index (χ3v) is 5.87. The van der Waals surface area contributed by atoms with E-state index in [1.807, 2.05) is 0 Å². The van der Waals surface area contributed by atoms with E-state index < -0.39 is 10.0 Å². The van der Waals surface area contributed by atoms with Crippen molar-refractivity contribution in [3.63, 3.8) is 0 Å². The fourth-order valence-corrected chi connectivity index (χ4v) is 4.25. The molecule has 1 fully saturated rings. The van der Waals surface area contributed by atoms with E-state index in [2.05, 4.69) is 19.6 Å². The summed E-state index contributed by atoms with van der Waals surface area (Å²) in [7, 11) is -2.11. The number of para-hydroxylation sites is 1. The summed E-state index contributed by atoms with van der Waals surface area (Å²) in [6.07, 6.45) is 6.91. The van der Waals surface area contributed by atoms with Gasteiger partial charge in [-0.05, 0) is 30.9 Å². The van der Waals surface area contributed by atoms with Gasteiger partial charge in [-0.15, -0.1) is 0 Å². The summed E-state index contributed by atoms with van der Waals surface area (Å²) in [6, 6.07) is 6.64. The Morgan fingerprint density at radius 2 is 2.00 bits per heavy atom. The van der Waals surface area contributed by atoms with Crippen molar-refractivity contribution in [2.75, 3.05) is 31.6 Å². The van der Waals surface area contributed by atoms with Crippen molar-refractivity contribution in [2.45, 2.75) is 17.7 Å². The number of hydrogen-bond acceptors (Lipinski definition) is 6. The lowest BCUT2D eigenvalue weighted by Gasteiger charge is -2.32. The number of nitrogens with one attached hydrogen (secondary N) is 1. The average molecular weight is 362 g/mol. The average Bonchev–Trinajstić information content (AvgIpc) is 2.67. The highest BCUT2D eigenvalue weighted by atomic mass is 32.2. The topological polar surface area (TPSA) is 84.4 Å². The van der Waals surface area contributed by atoms with Crippen molar-refractivity contribution in [3.8, 4) is 5.75 Å². The molecule has 1 aromatic heterocycles. The molecule has 0 aliphatic carbocycles. The van der Waals surface area contributed by atoms with Crippen molar-refractivity contribution in [2.24, 2.45) is 5.92 Å². The van der Waals surface area contributed by atoms with Crippen LogP contribution in [-0.2, 0) is 10.0 Å². The van der Waals surface area contributed by atoms with Gasteiger partial charge >= 0.3 is 0 Å². The molecule has 0 unspecified atom stereocenters. The van der Waals surface area contributed by atoms with E-state index in [0.29, 0.717) is 18.2 Å². The molecule has 2 aromatic rings. The lowest BCUT2D eigenvalue weighted by Crippen LogP contribution is -2.39. The number of aromatic nitrogens is 2. The van der Waals surface area contributed by atoms with Gasteiger partial charge in [-0.25, -0.2) is 18.1 Å². The molecular formula is C17H22N4O3S. The Morgan fingerprint density at radius 1 is 1.24 bits per heavy atom. The van der Waals surface area contributed by atoms with E-state index >= 15 is 0 Å². The number of piperidine rings is 1. The fraction of sp³-hybridized carbons (Fsp3) is 0.412. The number of methoxy groups -OCH3 is 1. The quantitative estimate of drug-likeness (QED) is 0.842. The van der Waals surface area contributed by atoms with E-state index in [9.17, 15) is 8.42 Å². The van der Waals surface area contributed by atoms with Crippen LogP contribution in [0.3, 0.4) is 0 Å². The predicted molar refractivity (Wildman–Crippen MR) is 95.2 cm³/mol. The molecule has 134 valence electrons. The Morgan fingerprint density at radius 3 is 2.68 bits per heavy atom. The predicted octanol–water partition coefficient (Wildman–Crippen LogP) is 1.68. The molecule has 8 heteroatoms. The van der Waals surface area contributed by atoms with Gasteiger partial charge in [0.2, 0.25) is 10.0 Å². The molecule has 2 heterocycles. The number of nitrogens with zero attached hydrogens (tertiary/aromatic N) is 3. The van der Waals surface area contributed by atoms with Crippen LogP contribution in [0, 0.1) is 5.92 Å². The molecule has 1 N–H and O–H groups in total. The van der Waals surface area contributed by atoms with Gasteiger partial charge in [-0.2, -0.15) is 0 Å². The monoisotopic (exact) mass is 362 g/mol. The second-order valence-corrected chi connectivity index (χ2v) is 7.73. The van der Waals surface area contributed by atoms with Crippen LogP contribution in [0.5, 0.6) is 5.75 Å². The third-order valence-electron chi connectivity index (χ3n) is 4.41. The Kier molecular flexibility index (Phi) is 5.50. The van der Waals surface area contributed by atoms with Crippen LogP contribution < -0.4 is 14.4 Å².